The second-order valence-corrected chi connectivity index (χ2v) is 19.8. The van der Waals surface area contributed by atoms with Gasteiger partial charge >= 0.3 is 0 Å². The van der Waals surface area contributed by atoms with Gasteiger partial charge in [-0.2, -0.15) is 0 Å². The fraction of sp³-hybridized carbons (Fsp3) is 0.217. The molecule has 6 aromatic carbocycles. The summed E-state index contributed by atoms with van der Waals surface area (Å²) in [5.74, 6) is 0. The molecule has 0 unspecified atom stereocenters. The van der Waals surface area contributed by atoms with Crippen molar-refractivity contribution in [2.75, 3.05) is 0 Å². The van der Waals surface area contributed by atoms with Gasteiger partial charge < -0.3 is 0 Å². The molecule has 0 amide bonds. The molecule has 1 fully saturated rings. The van der Waals surface area contributed by atoms with Crippen LogP contribution in [0.4, 0.5) is 11.4 Å². The summed E-state index contributed by atoms with van der Waals surface area (Å²) in [6.07, 6.45) is 4.43. The predicted octanol–water partition coefficient (Wildman–Crippen LogP) is 10.9. The third-order valence-corrected chi connectivity index (χ3v) is 16.6. The highest BCUT2D eigenvalue weighted by molar-refractivity contribution is 7.79. The van der Waals surface area contributed by atoms with Crippen LogP contribution in [0.2, 0.25) is 0 Å². The fourth-order valence-corrected chi connectivity index (χ4v) is 14.4. The van der Waals surface area contributed by atoms with E-state index in [4.69, 9.17) is 9.49 Å². The van der Waals surface area contributed by atoms with E-state index in [0.717, 1.165) is 24.2 Å². The molecule has 7 rings (SSSR count). The lowest BCUT2D eigenvalue weighted by molar-refractivity contribution is 0.350. The van der Waals surface area contributed by atoms with Gasteiger partial charge in [-0.25, -0.2) is 9.49 Å². The predicted molar refractivity (Wildman–Crippen MR) is 226 cm³/mol. The van der Waals surface area contributed by atoms with E-state index >= 15 is 0 Å². The number of hydrogen-bond acceptors (Lipinski definition) is 2. The monoisotopic (exact) mass is 720 g/mol. The van der Waals surface area contributed by atoms with Gasteiger partial charge in [-0.3, -0.25) is 10.2 Å². The van der Waals surface area contributed by atoms with Crippen molar-refractivity contribution in [1.82, 2.24) is 10.2 Å². The second-order valence-electron chi connectivity index (χ2n) is 14.3. The zero-order chi connectivity index (χ0) is 36.0. The number of nitrogens with zero attached hydrogens (tertiary/aromatic N) is 2. The summed E-state index contributed by atoms with van der Waals surface area (Å²) < 4.78 is 11.7. The van der Waals surface area contributed by atoms with E-state index in [0.29, 0.717) is 0 Å². The standard InChI is InChI=1S/C46H50N4P2/c1-35-29-36(2)32-39(31-35)47-51(41-19-9-5-10-20-41,42-21-11-6-12-22-42)49-45-27-17-18-28-46(45)50-52(43-23-13-7-14-24-43,44-25-15-8-16-26-44)48-40-33-37(3)30-38(4)34-40/h5-16,19-26,29-34,45-46,49-50H,17-18,27-28H2,1-4H3/t45-,46-/m1/s1. The number of nitrogens with one attached hydrogen (secondary N) is 2. The lowest BCUT2D eigenvalue weighted by Gasteiger charge is -2.41. The number of rotatable bonds is 10. The van der Waals surface area contributed by atoms with E-state index in [-0.39, 0.29) is 12.1 Å². The molecule has 6 heteroatoms. The Morgan fingerprint density at radius 3 is 0.942 bits per heavy atom. The molecule has 2 N–H and O–H groups in total. The van der Waals surface area contributed by atoms with E-state index in [1.54, 1.807) is 0 Å². The number of benzene rings is 6. The van der Waals surface area contributed by atoms with Gasteiger partial charge in [0.2, 0.25) is 0 Å². The topological polar surface area (TPSA) is 48.8 Å². The Kier molecular flexibility index (Phi) is 11.2. The van der Waals surface area contributed by atoms with Crippen LogP contribution < -0.4 is 31.4 Å². The van der Waals surface area contributed by atoms with Crippen molar-refractivity contribution in [3.63, 3.8) is 0 Å². The van der Waals surface area contributed by atoms with Gasteiger partial charge in [0.1, 0.15) is 0 Å². The molecule has 0 bridgehead atoms. The van der Waals surface area contributed by atoms with Gasteiger partial charge in [0, 0.05) is 33.3 Å². The lowest BCUT2D eigenvalue weighted by Crippen LogP contribution is -2.51. The molecular formula is C46H50N4P2. The van der Waals surface area contributed by atoms with E-state index in [2.05, 4.69) is 196 Å². The third kappa shape index (κ3) is 8.02. The number of aryl methyl sites for hydroxylation is 4. The smallest absolute Gasteiger partial charge is 0.0927 e. The van der Waals surface area contributed by atoms with E-state index in [1.165, 1.54) is 56.3 Å². The minimum Gasteiger partial charge on any atom is -0.271 e. The van der Waals surface area contributed by atoms with Gasteiger partial charge in [0.15, 0.2) is 0 Å². The van der Waals surface area contributed by atoms with Gasteiger partial charge in [-0.1, -0.05) is 146 Å². The van der Waals surface area contributed by atoms with Crippen molar-refractivity contribution in [2.45, 2.75) is 65.5 Å². The molecule has 1 aliphatic carbocycles. The zero-order valence-corrected chi connectivity index (χ0v) is 32.6. The molecule has 2 atom stereocenters. The zero-order valence-electron chi connectivity index (χ0n) is 30.8. The highest BCUT2D eigenvalue weighted by Crippen LogP contribution is 2.51. The Balaban J connectivity index is 1.43. The molecule has 1 aliphatic rings. The Labute approximate surface area is 311 Å². The highest BCUT2D eigenvalue weighted by Gasteiger charge is 2.37. The maximum absolute atomic E-state index is 5.84. The van der Waals surface area contributed by atoms with Crippen molar-refractivity contribution in [3.05, 3.63) is 180 Å². The van der Waals surface area contributed by atoms with Crippen molar-refractivity contribution in [1.29, 1.82) is 0 Å². The van der Waals surface area contributed by atoms with Crippen LogP contribution in [-0.2, 0) is 0 Å². The Bertz CT molecular complexity index is 1930. The second kappa shape index (κ2) is 16.2. The average molecular weight is 721 g/mol. The molecule has 0 spiro atoms. The highest BCUT2D eigenvalue weighted by atomic mass is 31.2. The van der Waals surface area contributed by atoms with Crippen LogP contribution >= 0.6 is 14.4 Å². The van der Waals surface area contributed by atoms with Crippen LogP contribution in [0.1, 0.15) is 47.9 Å². The van der Waals surface area contributed by atoms with Gasteiger partial charge in [-0.15, -0.1) is 0 Å². The minimum absolute atomic E-state index is 0.151. The summed E-state index contributed by atoms with van der Waals surface area (Å²) in [4.78, 5) is 0. The molecule has 4 nitrogen and oxygen atoms in total. The van der Waals surface area contributed by atoms with Crippen molar-refractivity contribution in [2.24, 2.45) is 9.49 Å². The van der Waals surface area contributed by atoms with Gasteiger partial charge in [-0.05, 0) is 87.1 Å². The first kappa shape index (κ1) is 36.1. The Morgan fingerprint density at radius 1 is 0.404 bits per heavy atom. The summed E-state index contributed by atoms with van der Waals surface area (Å²) in [6.45, 7) is 8.67. The molecule has 0 heterocycles. The van der Waals surface area contributed by atoms with Gasteiger partial charge in [0.05, 0.1) is 25.8 Å². The van der Waals surface area contributed by atoms with Gasteiger partial charge in [0.25, 0.3) is 0 Å². The van der Waals surface area contributed by atoms with Crippen LogP contribution in [-0.4, -0.2) is 12.1 Å². The minimum atomic E-state index is -2.54. The first-order chi connectivity index (χ1) is 25.3. The van der Waals surface area contributed by atoms with Crippen LogP contribution in [0.15, 0.2) is 167 Å². The normalized spacial score (nSPS) is 16.3. The molecule has 52 heavy (non-hydrogen) atoms. The fourth-order valence-electron chi connectivity index (χ4n) is 7.74. The van der Waals surface area contributed by atoms with Crippen LogP contribution in [0.5, 0.6) is 0 Å². The van der Waals surface area contributed by atoms with E-state index < -0.39 is 14.4 Å². The van der Waals surface area contributed by atoms with E-state index in [1.807, 2.05) is 0 Å². The largest absolute Gasteiger partial charge is 0.271 e. The third-order valence-electron chi connectivity index (χ3n) is 9.93. The molecule has 264 valence electrons. The van der Waals surface area contributed by atoms with Crippen molar-refractivity contribution in [3.8, 4) is 0 Å². The quantitative estimate of drug-likeness (QED) is 0.138. The maximum Gasteiger partial charge on any atom is 0.0927 e. The maximum atomic E-state index is 5.84. The summed E-state index contributed by atoms with van der Waals surface area (Å²) in [5.41, 5.74) is 6.94. The number of hydrogen-bond donors (Lipinski definition) is 2. The van der Waals surface area contributed by atoms with Crippen LogP contribution in [0.25, 0.3) is 0 Å². The average Bonchev–Trinajstić information content (AvgIpc) is 3.15. The van der Waals surface area contributed by atoms with Crippen molar-refractivity contribution < 1.29 is 0 Å². The summed E-state index contributed by atoms with van der Waals surface area (Å²) in [5, 5.41) is 13.7. The summed E-state index contributed by atoms with van der Waals surface area (Å²) in [6, 6.07) is 57.6. The summed E-state index contributed by atoms with van der Waals surface area (Å²) in [7, 11) is -5.08. The van der Waals surface area contributed by atoms with Crippen molar-refractivity contribution >= 4 is 47.0 Å². The van der Waals surface area contributed by atoms with Crippen LogP contribution in [0, 0.1) is 27.7 Å². The molecule has 1 saturated carbocycles. The first-order valence-corrected chi connectivity index (χ1v) is 22.0. The molecule has 0 aliphatic heterocycles. The SMILES string of the molecule is Cc1cc(C)cc(N=P(N[C@@H]2CCCC[C@H]2NP(=Nc2cc(C)cc(C)c2)(c2ccccc2)c2ccccc2)(c2ccccc2)c2ccccc2)c1. The first-order valence-electron chi connectivity index (χ1n) is 18.5. The molecule has 0 radical (unpaired) electrons. The Morgan fingerprint density at radius 2 is 0.673 bits per heavy atom. The molecule has 6 aromatic rings. The van der Waals surface area contributed by atoms with Crippen LogP contribution in [0.3, 0.4) is 0 Å². The van der Waals surface area contributed by atoms with E-state index in [9.17, 15) is 0 Å². The molecular weight excluding hydrogens is 670 g/mol. The summed E-state index contributed by atoms with van der Waals surface area (Å²) >= 11 is 0. The molecule has 0 aromatic heterocycles. The lowest BCUT2D eigenvalue weighted by atomic mass is 9.92. The molecule has 0 saturated heterocycles. The Hall–Kier alpha value is -4.30.